The average molecular weight is 350 g/mol. The predicted octanol–water partition coefficient (Wildman–Crippen LogP) is 6.32. The van der Waals surface area contributed by atoms with Gasteiger partial charge in [-0.05, 0) is 54.8 Å². The van der Waals surface area contributed by atoms with Crippen molar-refractivity contribution in [3.8, 4) is 5.75 Å². The number of hydrogen-bond acceptors (Lipinski definition) is 3. The van der Waals surface area contributed by atoms with Gasteiger partial charge in [0.15, 0.2) is 0 Å². The summed E-state index contributed by atoms with van der Waals surface area (Å²) in [7, 11) is 0. The van der Waals surface area contributed by atoms with Gasteiger partial charge in [-0.25, -0.2) is 4.98 Å². The van der Waals surface area contributed by atoms with Crippen LogP contribution in [0.15, 0.2) is 48.7 Å². The molecule has 0 bridgehead atoms. The Morgan fingerprint density at radius 3 is 2.48 bits per heavy atom. The quantitative estimate of drug-likeness (QED) is 0.635. The lowest BCUT2D eigenvalue weighted by atomic mass is 10.0. The minimum Gasteiger partial charge on any atom is -0.406 e. The van der Waals surface area contributed by atoms with Crippen LogP contribution in [0.5, 0.6) is 5.75 Å². The number of rotatable bonds is 7. The molecule has 2 rings (SSSR count). The molecule has 0 radical (unpaired) electrons. The van der Waals surface area contributed by atoms with Gasteiger partial charge in [0.2, 0.25) is 0 Å². The van der Waals surface area contributed by atoms with Crippen molar-refractivity contribution in [3.63, 3.8) is 0 Å². The van der Waals surface area contributed by atoms with Crippen LogP contribution in [0.2, 0.25) is 0 Å². The number of halogens is 3. The first-order valence-corrected chi connectivity index (χ1v) is 8.20. The Morgan fingerprint density at radius 2 is 1.88 bits per heavy atom. The first kappa shape index (κ1) is 18.8. The topological polar surface area (TPSA) is 34.2 Å². The molecule has 0 atom stereocenters. The Bertz CT molecular complexity index is 709. The lowest BCUT2D eigenvalue weighted by Crippen LogP contribution is -2.17. The van der Waals surface area contributed by atoms with Gasteiger partial charge >= 0.3 is 6.36 Å². The summed E-state index contributed by atoms with van der Waals surface area (Å²) in [6, 6.07) is 9.46. The molecular weight excluding hydrogens is 329 g/mol. The van der Waals surface area contributed by atoms with Gasteiger partial charge in [-0.15, -0.1) is 13.2 Å². The van der Waals surface area contributed by atoms with Crippen LogP contribution in [0, 0.1) is 0 Å². The van der Waals surface area contributed by atoms with Gasteiger partial charge in [0.25, 0.3) is 0 Å². The fourth-order valence-corrected chi connectivity index (χ4v) is 2.40. The second kappa shape index (κ2) is 8.55. The van der Waals surface area contributed by atoms with E-state index in [2.05, 4.69) is 35.0 Å². The summed E-state index contributed by atoms with van der Waals surface area (Å²) in [4.78, 5) is 4.37. The van der Waals surface area contributed by atoms with E-state index in [4.69, 9.17) is 0 Å². The molecule has 2 aromatic rings. The zero-order chi connectivity index (χ0) is 18.3. The van der Waals surface area contributed by atoms with Crippen molar-refractivity contribution in [1.29, 1.82) is 0 Å². The van der Waals surface area contributed by atoms with Gasteiger partial charge in [0, 0.05) is 17.4 Å². The largest absolute Gasteiger partial charge is 0.573 e. The van der Waals surface area contributed by atoms with E-state index in [1.807, 2.05) is 12.1 Å². The van der Waals surface area contributed by atoms with E-state index < -0.39 is 6.36 Å². The molecule has 1 N–H and O–H groups in total. The molecular formula is C19H21F3N2O. The monoisotopic (exact) mass is 350 g/mol. The predicted molar refractivity (Wildman–Crippen MR) is 93.8 cm³/mol. The summed E-state index contributed by atoms with van der Waals surface area (Å²) in [5, 5.41) is 3.17. The maximum Gasteiger partial charge on any atom is 0.573 e. The van der Waals surface area contributed by atoms with E-state index in [0.29, 0.717) is 11.5 Å². The fourth-order valence-electron chi connectivity index (χ4n) is 2.40. The number of anilines is 2. The minimum absolute atomic E-state index is 0.253. The van der Waals surface area contributed by atoms with Crippen LogP contribution in [0.25, 0.3) is 5.57 Å². The molecule has 0 aliphatic carbocycles. The van der Waals surface area contributed by atoms with Crippen LogP contribution in [-0.4, -0.2) is 11.3 Å². The number of pyridine rings is 1. The minimum atomic E-state index is -4.69. The third-order valence-electron chi connectivity index (χ3n) is 3.56. The van der Waals surface area contributed by atoms with Gasteiger partial charge in [-0.2, -0.15) is 0 Å². The van der Waals surface area contributed by atoms with Crippen LogP contribution in [-0.2, 0) is 0 Å². The number of ether oxygens (including phenoxy) is 1. The molecule has 6 heteroatoms. The van der Waals surface area contributed by atoms with Crippen molar-refractivity contribution >= 4 is 17.1 Å². The van der Waals surface area contributed by atoms with Gasteiger partial charge in [0.05, 0.1) is 0 Å². The first-order chi connectivity index (χ1) is 11.9. The van der Waals surface area contributed by atoms with Crippen LogP contribution in [0.3, 0.4) is 0 Å². The summed E-state index contributed by atoms with van der Waals surface area (Å²) in [5.41, 5.74) is 2.82. The number of aromatic nitrogens is 1. The highest BCUT2D eigenvalue weighted by Crippen LogP contribution is 2.29. The number of allylic oxidation sites excluding steroid dienone is 2. The molecule has 0 amide bonds. The average Bonchev–Trinajstić information content (AvgIpc) is 2.57. The summed E-state index contributed by atoms with van der Waals surface area (Å²) >= 11 is 0. The van der Waals surface area contributed by atoms with E-state index in [9.17, 15) is 13.2 Å². The normalized spacial score (nSPS) is 12.1. The standard InChI is InChI=1S/C19H21F3N2O/c1-3-5-7-14(4-2)17-8-6-13-23-18(17)24-15-9-11-16(12-10-15)25-19(20,21)22/h6-13H,3-5H2,1-2H3,(H,23,24)/b14-7-. The molecule has 0 spiro atoms. The lowest BCUT2D eigenvalue weighted by Gasteiger charge is -2.14. The smallest absolute Gasteiger partial charge is 0.406 e. The van der Waals surface area contributed by atoms with E-state index >= 15 is 0 Å². The fraction of sp³-hybridized carbons (Fsp3) is 0.316. The second-order valence-electron chi connectivity index (χ2n) is 5.47. The molecule has 1 heterocycles. The summed E-state index contributed by atoms with van der Waals surface area (Å²) in [6.45, 7) is 4.21. The van der Waals surface area contributed by atoms with Gasteiger partial charge < -0.3 is 10.1 Å². The molecule has 0 aliphatic heterocycles. The zero-order valence-corrected chi connectivity index (χ0v) is 14.2. The van der Waals surface area contributed by atoms with Gasteiger partial charge in [0.1, 0.15) is 11.6 Å². The number of nitrogens with one attached hydrogen (secondary N) is 1. The Hall–Kier alpha value is -2.50. The van der Waals surface area contributed by atoms with Gasteiger partial charge in [-0.1, -0.05) is 26.3 Å². The van der Waals surface area contributed by atoms with Crippen molar-refractivity contribution in [3.05, 3.63) is 54.2 Å². The van der Waals surface area contributed by atoms with Crippen molar-refractivity contribution in [1.82, 2.24) is 4.98 Å². The molecule has 0 unspecified atom stereocenters. The molecule has 1 aromatic carbocycles. The zero-order valence-electron chi connectivity index (χ0n) is 14.2. The first-order valence-electron chi connectivity index (χ1n) is 8.20. The van der Waals surface area contributed by atoms with Crippen molar-refractivity contribution in [2.75, 3.05) is 5.32 Å². The molecule has 0 saturated carbocycles. The highest BCUT2D eigenvalue weighted by atomic mass is 19.4. The number of hydrogen-bond donors (Lipinski definition) is 1. The van der Waals surface area contributed by atoms with E-state index in [1.165, 1.54) is 29.8 Å². The molecule has 0 saturated heterocycles. The van der Waals surface area contributed by atoms with E-state index in [0.717, 1.165) is 24.8 Å². The Kier molecular flexibility index (Phi) is 6.44. The van der Waals surface area contributed by atoms with Crippen molar-refractivity contribution in [2.45, 2.75) is 39.5 Å². The number of nitrogens with zero attached hydrogens (tertiary/aromatic N) is 1. The van der Waals surface area contributed by atoms with Crippen LogP contribution in [0.1, 0.15) is 38.7 Å². The molecule has 1 aromatic heterocycles. The third kappa shape index (κ3) is 5.81. The number of benzene rings is 1. The Balaban J connectivity index is 2.20. The second-order valence-corrected chi connectivity index (χ2v) is 5.47. The summed E-state index contributed by atoms with van der Waals surface area (Å²) in [5.74, 6) is 0.424. The van der Waals surface area contributed by atoms with Crippen LogP contribution < -0.4 is 10.1 Å². The highest BCUT2D eigenvalue weighted by molar-refractivity contribution is 5.76. The Morgan fingerprint density at radius 1 is 1.16 bits per heavy atom. The third-order valence-corrected chi connectivity index (χ3v) is 3.56. The SMILES string of the molecule is CCC/C=C(/CC)c1cccnc1Nc1ccc(OC(F)(F)F)cc1. The molecule has 0 aliphatic rings. The van der Waals surface area contributed by atoms with Gasteiger partial charge in [-0.3, -0.25) is 0 Å². The van der Waals surface area contributed by atoms with Crippen LogP contribution in [0.4, 0.5) is 24.7 Å². The summed E-state index contributed by atoms with van der Waals surface area (Å²) in [6.07, 6.45) is 2.11. The van der Waals surface area contributed by atoms with E-state index in [-0.39, 0.29) is 5.75 Å². The molecule has 0 fully saturated rings. The lowest BCUT2D eigenvalue weighted by molar-refractivity contribution is -0.274. The van der Waals surface area contributed by atoms with Crippen molar-refractivity contribution in [2.24, 2.45) is 0 Å². The van der Waals surface area contributed by atoms with Crippen molar-refractivity contribution < 1.29 is 17.9 Å². The van der Waals surface area contributed by atoms with E-state index in [1.54, 1.807) is 6.20 Å². The molecule has 134 valence electrons. The number of unbranched alkanes of at least 4 members (excludes halogenated alkanes) is 1. The Labute approximate surface area is 145 Å². The summed E-state index contributed by atoms with van der Waals surface area (Å²) < 4.78 is 40.5. The van der Waals surface area contributed by atoms with Crippen LogP contribution >= 0.6 is 0 Å². The molecule has 25 heavy (non-hydrogen) atoms. The highest BCUT2D eigenvalue weighted by Gasteiger charge is 2.30. The maximum atomic E-state index is 12.2. The molecule has 3 nitrogen and oxygen atoms in total. The maximum absolute atomic E-state index is 12.2. The number of alkyl halides is 3.